The Morgan fingerprint density at radius 1 is 1.13 bits per heavy atom. The molecule has 1 amide bonds. The quantitative estimate of drug-likeness (QED) is 0.484. The molecule has 23 heavy (non-hydrogen) atoms. The van der Waals surface area contributed by atoms with E-state index in [1.807, 2.05) is 18.2 Å². The van der Waals surface area contributed by atoms with Crippen LogP contribution in [-0.2, 0) is 20.7 Å². The highest BCUT2D eigenvalue weighted by atomic mass is 16.5. The minimum absolute atomic E-state index is 0.0916. The molecule has 0 aliphatic heterocycles. The van der Waals surface area contributed by atoms with Crippen molar-refractivity contribution in [2.24, 2.45) is 5.73 Å². The van der Waals surface area contributed by atoms with Gasteiger partial charge >= 0.3 is 5.97 Å². The van der Waals surface area contributed by atoms with E-state index in [1.54, 1.807) is 0 Å². The normalized spacial score (nSPS) is 11.7. The summed E-state index contributed by atoms with van der Waals surface area (Å²) in [5, 5.41) is 2.88. The summed E-state index contributed by atoms with van der Waals surface area (Å²) in [7, 11) is 1.39. The molecule has 0 radical (unpaired) electrons. The van der Waals surface area contributed by atoms with E-state index in [1.165, 1.54) is 12.7 Å². The molecule has 1 aromatic carbocycles. The molecule has 0 aromatic heterocycles. The van der Waals surface area contributed by atoms with Gasteiger partial charge in [0.2, 0.25) is 5.91 Å². The van der Waals surface area contributed by atoms with Gasteiger partial charge in [-0.25, -0.2) is 0 Å². The molecule has 1 unspecified atom stereocenters. The van der Waals surface area contributed by atoms with Gasteiger partial charge in [-0.1, -0.05) is 43.2 Å². The van der Waals surface area contributed by atoms with Crippen LogP contribution in [0.5, 0.6) is 0 Å². The molecule has 3 N–H and O–H groups in total. The molecular formula is C18H28N2O3. The fraction of sp³-hybridized carbons (Fsp3) is 0.556. The van der Waals surface area contributed by atoms with E-state index in [0.29, 0.717) is 19.4 Å². The van der Waals surface area contributed by atoms with Crippen molar-refractivity contribution >= 4 is 11.9 Å². The lowest BCUT2D eigenvalue weighted by Gasteiger charge is -2.12. The summed E-state index contributed by atoms with van der Waals surface area (Å²) in [6, 6.07) is 9.73. The van der Waals surface area contributed by atoms with Gasteiger partial charge in [0.1, 0.15) is 0 Å². The second-order valence-electron chi connectivity index (χ2n) is 5.66. The van der Waals surface area contributed by atoms with Crippen molar-refractivity contribution in [2.75, 3.05) is 13.7 Å². The molecule has 0 fully saturated rings. The van der Waals surface area contributed by atoms with E-state index < -0.39 is 6.04 Å². The van der Waals surface area contributed by atoms with E-state index in [-0.39, 0.29) is 11.9 Å². The minimum Gasteiger partial charge on any atom is -0.469 e. The Kier molecular flexibility index (Phi) is 9.71. The van der Waals surface area contributed by atoms with Crippen LogP contribution < -0.4 is 11.1 Å². The maximum absolute atomic E-state index is 11.9. The largest absolute Gasteiger partial charge is 0.469 e. The topological polar surface area (TPSA) is 81.4 Å². The van der Waals surface area contributed by atoms with Crippen molar-refractivity contribution in [2.45, 2.75) is 51.0 Å². The zero-order valence-corrected chi connectivity index (χ0v) is 13.9. The smallest absolute Gasteiger partial charge is 0.305 e. The highest BCUT2D eigenvalue weighted by molar-refractivity contribution is 5.81. The maximum Gasteiger partial charge on any atom is 0.305 e. The van der Waals surface area contributed by atoms with E-state index >= 15 is 0 Å². The summed E-state index contributed by atoms with van der Waals surface area (Å²) in [5.74, 6) is -0.281. The SMILES string of the molecule is COC(=O)CCCCCC(N)C(=O)NCCCc1ccccc1. The molecule has 128 valence electrons. The van der Waals surface area contributed by atoms with Crippen LogP contribution in [0.4, 0.5) is 0 Å². The number of hydrogen-bond acceptors (Lipinski definition) is 4. The molecule has 1 atom stereocenters. The summed E-state index contributed by atoms with van der Waals surface area (Å²) >= 11 is 0. The summed E-state index contributed by atoms with van der Waals surface area (Å²) in [4.78, 5) is 22.8. The number of unbranched alkanes of at least 4 members (excludes halogenated alkanes) is 2. The lowest BCUT2D eigenvalue weighted by Crippen LogP contribution is -2.40. The van der Waals surface area contributed by atoms with Gasteiger partial charge in [0.05, 0.1) is 13.2 Å². The number of hydrogen-bond donors (Lipinski definition) is 2. The third kappa shape index (κ3) is 8.98. The number of carbonyl (C=O) groups is 2. The average molecular weight is 320 g/mol. The molecule has 0 aliphatic carbocycles. The molecule has 1 rings (SSSR count). The summed E-state index contributed by atoms with van der Waals surface area (Å²) in [5.41, 5.74) is 7.15. The van der Waals surface area contributed by atoms with Crippen LogP contribution in [0.15, 0.2) is 30.3 Å². The van der Waals surface area contributed by atoms with Crippen molar-refractivity contribution in [3.8, 4) is 0 Å². The Morgan fingerprint density at radius 3 is 2.57 bits per heavy atom. The molecule has 0 spiro atoms. The van der Waals surface area contributed by atoms with E-state index in [9.17, 15) is 9.59 Å². The van der Waals surface area contributed by atoms with E-state index in [2.05, 4.69) is 22.2 Å². The van der Waals surface area contributed by atoms with Gasteiger partial charge in [-0.05, 0) is 31.2 Å². The van der Waals surface area contributed by atoms with E-state index in [4.69, 9.17) is 5.73 Å². The first-order valence-corrected chi connectivity index (χ1v) is 8.27. The second kappa shape index (κ2) is 11.7. The van der Waals surface area contributed by atoms with Crippen molar-refractivity contribution < 1.29 is 14.3 Å². The first-order valence-electron chi connectivity index (χ1n) is 8.27. The number of ether oxygens (including phenoxy) is 1. The Labute approximate surface area is 138 Å². The molecular weight excluding hydrogens is 292 g/mol. The predicted octanol–water partition coefficient (Wildman–Crippen LogP) is 2.19. The first-order chi connectivity index (χ1) is 11.1. The monoisotopic (exact) mass is 320 g/mol. The number of esters is 1. The maximum atomic E-state index is 11.9. The fourth-order valence-corrected chi connectivity index (χ4v) is 2.32. The molecule has 5 nitrogen and oxygen atoms in total. The molecule has 0 bridgehead atoms. The number of methoxy groups -OCH3 is 1. The van der Waals surface area contributed by atoms with Crippen LogP contribution in [0.3, 0.4) is 0 Å². The lowest BCUT2D eigenvalue weighted by molar-refractivity contribution is -0.140. The molecule has 0 heterocycles. The summed E-state index contributed by atoms with van der Waals surface area (Å²) in [6.45, 7) is 0.643. The van der Waals surface area contributed by atoms with Crippen LogP contribution >= 0.6 is 0 Å². The third-order valence-corrected chi connectivity index (χ3v) is 3.74. The zero-order chi connectivity index (χ0) is 16.9. The molecule has 5 heteroatoms. The van der Waals surface area contributed by atoms with Crippen LogP contribution in [0.2, 0.25) is 0 Å². The number of benzene rings is 1. The van der Waals surface area contributed by atoms with Gasteiger partial charge in [-0.3, -0.25) is 9.59 Å². The number of amides is 1. The van der Waals surface area contributed by atoms with E-state index in [0.717, 1.165) is 32.1 Å². The Hall–Kier alpha value is -1.88. The Balaban J connectivity index is 2.04. The van der Waals surface area contributed by atoms with Crippen molar-refractivity contribution in [3.63, 3.8) is 0 Å². The van der Waals surface area contributed by atoms with Crippen molar-refractivity contribution in [1.82, 2.24) is 5.32 Å². The number of carbonyl (C=O) groups excluding carboxylic acids is 2. The average Bonchev–Trinajstić information content (AvgIpc) is 2.58. The Morgan fingerprint density at radius 2 is 1.87 bits per heavy atom. The van der Waals surface area contributed by atoms with Crippen LogP contribution in [0, 0.1) is 0 Å². The van der Waals surface area contributed by atoms with Gasteiger partial charge in [-0.2, -0.15) is 0 Å². The third-order valence-electron chi connectivity index (χ3n) is 3.74. The highest BCUT2D eigenvalue weighted by Gasteiger charge is 2.12. The molecule has 0 saturated heterocycles. The number of rotatable bonds is 11. The second-order valence-corrected chi connectivity index (χ2v) is 5.66. The minimum atomic E-state index is -0.468. The molecule has 0 aliphatic rings. The van der Waals surface area contributed by atoms with Crippen LogP contribution in [-0.4, -0.2) is 31.6 Å². The van der Waals surface area contributed by atoms with Crippen molar-refractivity contribution in [1.29, 1.82) is 0 Å². The Bertz CT molecular complexity index is 463. The number of nitrogens with one attached hydrogen (secondary N) is 1. The van der Waals surface area contributed by atoms with Gasteiger partial charge < -0.3 is 15.8 Å². The van der Waals surface area contributed by atoms with Crippen LogP contribution in [0.25, 0.3) is 0 Å². The van der Waals surface area contributed by atoms with Gasteiger partial charge in [-0.15, -0.1) is 0 Å². The van der Waals surface area contributed by atoms with Gasteiger partial charge in [0.15, 0.2) is 0 Å². The standard InChI is InChI=1S/C18H28N2O3/c1-23-17(21)13-7-3-6-12-16(19)18(22)20-14-8-11-15-9-4-2-5-10-15/h2,4-5,9-10,16H,3,6-8,11-14,19H2,1H3,(H,20,22). The number of aryl methyl sites for hydroxylation is 1. The van der Waals surface area contributed by atoms with Crippen molar-refractivity contribution in [3.05, 3.63) is 35.9 Å². The summed E-state index contributed by atoms with van der Waals surface area (Å²) in [6.07, 6.45) is 5.42. The highest BCUT2D eigenvalue weighted by Crippen LogP contribution is 2.06. The summed E-state index contributed by atoms with van der Waals surface area (Å²) < 4.78 is 4.58. The lowest BCUT2D eigenvalue weighted by atomic mass is 10.1. The predicted molar refractivity (Wildman–Crippen MR) is 90.8 cm³/mol. The number of nitrogens with two attached hydrogens (primary N) is 1. The van der Waals surface area contributed by atoms with Gasteiger partial charge in [0, 0.05) is 13.0 Å². The molecule has 0 saturated carbocycles. The fourth-order valence-electron chi connectivity index (χ4n) is 2.32. The molecule has 1 aromatic rings. The zero-order valence-electron chi connectivity index (χ0n) is 13.9. The van der Waals surface area contributed by atoms with Crippen LogP contribution in [0.1, 0.15) is 44.1 Å². The first kappa shape index (κ1) is 19.2. The van der Waals surface area contributed by atoms with Gasteiger partial charge in [0.25, 0.3) is 0 Å².